The molecule has 0 unspecified atom stereocenters. The number of benzene rings is 2. The number of aromatic nitrogens is 3. The molecule has 0 spiro atoms. The Bertz CT molecular complexity index is 1200. The molecule has 0 radical (unpaired) electrons. The maximum Gasteiger partial charge on any atom is 0.276 e. The predicted octanol–water partition coefficient (Wildman–Crippen LogP) is 3.71. The molecule has 7 heteroatoms. The normalized spacial score (nSPS) is 14.6. The van der Waals surface area contributed by atoms with Gasteiger partial charge in [-0.2, -0.15) is 5.10 Å². The van der Waals surface area contributed by atoms with E-state index in [1.54, 1.807) is 12.4 Å². The molecule has 1 saturated heterocycles. The highest BCUT2D eigenvalue weighted by Crippen LogP contribution is 2.25. The molecule has 1 amide bonds. The molecular formula is C24H23N5O2. The van der Waals surface area contributed by atoms with Gasteiger partial charge < -0.3 is 10.1 Å². The molecule has 1 fully saturated rings. The fourth-order valence-corrected chi connectivity index (χ4v) is 3.86. The van der Waals surface area contributed by atoms with E-state index in [1.807, 2.05) is 48.5 Å². The highest BCUT2D eigenvalue weighted by Gasteiger charge is 2.16. The number of hydrogen-bond donors (Lipinski definition) is 2. The zero-order chi connectivity index (χ0) is 21.0. The Morgan fingerprint density at radius 1 is 1.06 bits per heavy atom. The third-order valence-corrected chi connectivity index (χ3v) is 5.47. The number of amides is 1. The second-order valence-electron chi connectivity index (χ2n) is 7.62. The summed E-state index contributed by atoms with van der Waals surface area (Å²) < 4.78 is 5.41. The zero-order valence-electron chi connectivity index (χ0n) is 17.0. The molecule has 1 aliphatic heterocycles. The third kappa shape index (κ3) is 4.33. The molecule has 0 atom stereocenters. The minimum Gasteiger partial charge on any atom is -0.379 e. The number of aromatic amines is 1. The van der Waals surface area contributed by atoms with Crippen LogP contribution in [-0.2, 0) is 11.3 Å². The summed E-state index contributed by atoms with van der Waals surface area (Å²) in [6, 6.07) is 17.8. The maximum absolute atomic E-state index is 13.0. The van der Waals surface area contributed by atoms with Gasteiger partial charge in [0.25, 0.3) is 5.91 Å². The maximum atomic E-state index is 13.0. The van der Waals surface area contributed by atoms with Gasteiger partial charge in [0.2, 0.25) is 0 Å². The fourth-order valence-electron chi connectivity index (χ4n) is 3.86. The van der Waals surface area contributed by atoms with Crippen LogP contribution >= 0.6 is 0 Å². The van der Waals surface area contributed by atoms with Crippen molar-refractivity contribution >= 4 is 22.5 Å². The van der Waals surface area contributed by atoms with E-state index in [0.29, 0.717) is 5.69 Å². The molecule has 0 bridgehead atoms. The summed E-state index contributed by atoms with van der Waals surface area (Å²) in [7, 11) is 0. The van der Waals surface area contributed by atoms with Crippen LogP contribution in [0.15, 0.2) is 67.0 Å². The van der Waals surface area contributed by atoms with Crippen LogP contribution in [0.4, 0.5) is 5.69 Å². The van der Waals surface area contributed by atoms with E-state index in [-0.39, 0.29) is 5.91 Å². The molecule has 0 aliphatic carbocycles. The lowest BCUT2D eigenvalue weighted by molar-refractivity contribution is 0.0342. The summed E-state index contributed by atoms with van der Waals surface area (Å²) >= 11 is 0. The largest absolute Gasteiger partial charge is 0.379 e. The number of carbonyl (C=O) groups excluding carboxylic acids is 1. The Morgan fingerprint density at radius 2 is 1.97 bits per heavy atom. The summed E-state index contributed by atoms with van der Waals surface area (Å²) in [6.45, 7) is 4.23. The fraction of sp³-hybridized carbons (Fsp3) is 0.208. The number of pyridine rings is 1. The lowest BCUT2D eigenvalue weighted by Crippen LogP contribution is -2.35. The number of ether oxygens (including phenoxy) is 1. The Balaban J connectivity index is 1.36. The van der Waals surface area contributed by atoms with Crippen molar-refractivity contribution in [3.05, 3.63) is 78.2 Å². The minimum atomic E-state index is -0.238. The van der Waals surface area contributed by atoms with Crippen LogP contribution in [-0.4, -0.2) is 52.3 Å². The summed E-state index contributed by atoms with van der Waals surface area (Å²) in [5.41, 5.74) is 5.09. The number of carbonyl (C=O) groups is 1. The zero-order valence-corrected chi connectivity index (χ0v) is 17.0. The quantitative estimate of drug-likeness (QED) is 0.521. The first-order valence-electron chi connectivity index (χ1n) is 10.4. The second-order valence-corrected chi connectivity index (χ2v) is 7.62. The number of anilines is 1. The summed E-state index contributed by atoms with van der Waals surface area (Å²) in [6.07, 6.45) is 3.55. The van der Waals surface area contributed by atoms with Crippen LogP contribution in [0, 0.1) is 0 Å². The lowest BCUT2D eigenvalue weighted by Gasteiger charge is -2.26. The molecule has 0 saturated carbocycles. The summed E-state index contributed by atoms with van der Waals surface area (Å²) in [5, 5.41) is 11.0. The average molecular weight is 413 g/mol. The van der Waals surface area contributed by atoms with Crippen molar-refractivity contribution in [1.82, 2.24) is 20.1 Å². The Labute approximate surface area is 180 Å². The molecule has 7 nitrogen and oxygen atoms in total. The number of morpholine rings is 1. The van der Waals surface area contributed by atoms with E-state index in [9.17, 15) is 4.79 Å². The van der Waals surface area contributed by atoms with Gasteiger partial charge in [0, 0.05) is 48.7 Å². The van der Waals surface area contributed by atoms with Gasteiger partial charge in [-0.25, -0.2) is 0 Å². The van der Waals surface area contributed by atoms with Gasteiger partial charge in [-0.3, -0.25) is 19.8 Å². The first-order chi connectivity index (χ1) is 15.3. The Kier molecular flexibility index (Phi) is 5.43. The minimum absolute atomic E-state index is 0.238. The van der Waals surface area contributed by atoms with Crippen LogP contribution in [0.2, 0.25) is 0 Å². The number of rotatable bonds is 5. The van der Waals surface area contributed by atoms with Gasteiger partial charge in [-0.05, 0) is 41.5 Å². The van der Waals surface area contributed by atoms with Crippen molar-refractivity contribution in [2.45, 2.75) is 6.54 Å². The second kappa shape index (κ2) is 8.67. The van der Waals surface area contributed by atoms with E-state index in [0.717, 1.165) is 66.1 Å². The molecule has 2 aromatic carbocycles. The van der Waals surface area contributed by atoms with Gasteiger partial charge in [0.1, 0.15) is 0 Å². The van der Waals surface area contributed by atoms with Gasteiger partial charge >= 0.3 is 0 Å². The van der Waals surface area contributed by atoms with Crippen LogP contribution in [0.25, 0.3) is 22.0 Å². The molecule has 156 valence electrons. The first-order valence-corrected chi connectivity index (χ1v) is 10.4. The van der Waals surface area contributed by atoms with Crippen LogP contribution < -0.4 is 5.32 Å². The molecular weight excluding hydrogens is 390 g/mol. The third-order valence-electron chi connectivity index (χ3n) is 5.47. The van der Waals surface area contributed by atoms with E-state index in [1.165, 1.54) is 0 Å². The topological polar surface area (TPSA) is 83.1 Å². The number of H-pyrrole nitrogens is 1. The van der Waals surface area contributed by atoms with Crippen molar-refractivity contribution in [3.8, 4) is 11.1 Å². The van der Waals surface area contributed by atoms with Crippen LogP contribution in [0.1, 0.15) is 16.1 Å². The first kappa shape index (κ1) is 19.4. The van der Waals surface area contributed by atoms with E-state index < -0.39 is 0 Å². The monoisotopic (exact) mass is 413 g/mol. The SMILES string of the molecule is O=C(Nc1cccc(CN2CCOCC2)c1)c1n[nH]c2ccc(-c3cccnc3)cc12. The molecule has 31 heavy (non-hydrogen) atoms. The predicted molar refractivity (Wildman–Crippen MR) is 120 cm³/mol. The number of fused-ring (bicyclic) bond motifs is 1. The molecule has 3 heterocycles. The summed E-state index contributed by atoms with van der Waals surface area (Å²) in [4.78, 5) is 19.5. The van der Waals surface area contributed by atoms with Gasteiger partial charge in [0.15, 0.2) is 5.69 Å². The molecule has 2 aromatic heterocycles. The van der Waals surface area contributed by atoms with Crippen LogP contribution in [0.3, 0.4) is 0 Å². The highest BCUT2D eigenvalue weighted by molar-refractivity contribution is 6.11. The van der Waals surface area contributed by atoms with Crippen molar-refractivity contribution in [2.75, 3.05) is 31.6 Å². The Morgan fingerprint density at radius 3 is 2.81 bits per heavy atom. The number of nitrogens with zero attached hydrogens (tertiary/aromatic N) is 3. The lowest BCUT2D eigenvalue weighted by atomic mass is 10.0. The van der Waals surface area contributed by atoms with Gasteiger partial charge in [-0.1, -0.05) is 24.3 Å². The number of hydrogen-bond acceptors (Lipinski definition) is 5. The molecule has 2 N–H and O–H groups in total. The van der Waals surface area contributed by atoms with Crippen molar-refractivity contribution in [2.24, 2.45) is 0 Å². The van der Waals surface area contributed by atoms with Gasteiger partial charge in [0.05, 0.1) is 18.7 Å². The molecule has 4 aromatic rings. The highest BCUT2D eigenvalue weighted by atomic mass is 16.5. The number of nitrogens with one attached hydrogen (secondary N) is 2. The smallest absolute Gasteiger partial charge is 0.276 e. The van der Waals surface area contributed by atoms with E-state index in [2.05, 4.69) is 31.5 Å². The van der Waals surface area contributed by atoms with Gasteiger partial charge in [-0.15, -0.1) is 0 Å². The molecule has 5 rings (SSSR count). The van der Waals surface area contributed by atoms with Crippen molar-refractivity contribution in [3.63, 3.8) is 0 Å². The van der Waals surface area contributed by atoms with E-state index >= 15 is 0 Å². The van der Waals surface area contributed by atoms with Crippen molar-refractivity contribution < 1.29 is 9.53 Å². The van der Waals surface area contributed by atoms with Crippen molar-refractivity contribution in [1.29, 1.82) is 0 Å². The molecule has 1 aliphatic rings. The average Bonchev–Trinajstić information content (AvgIpc) is 3.24. The standard InChI is InChI=1S/C24H23N5O2/c30-24(26-20-5-1-3-17(13-20)16-29-9-11-31-12-10-29)23-21-14-18(6-7-22(21)27-28-23)19-4-2-8-25-15-19/h1-8,13-15H,9-12,16H2,(H,26,30)(H,27,28). The summed E-state index contributed by atoms with van der Waals surface area (Å²) in [5.74, 6) is -0.238. The van der Waals surface area contributed by atoms with Crippen LogP contribution in [0.5, 0.6) is 0 Å². The Hall–Kier alpha value is -3.55. The van der Waals surface area contributed by atoms with E-state index in [4.69, 9.17) is 4.74 Å².